The van der Waals surface area contributed by atoms with Crippen LogP contribution in [0.3, 0.4) is 0 Å². The van der Waals surface area contributed by atoms with Crippen LogP contribution in [-0.2, 0) is 6.61 Å². The van der Waals surface area contributed by atoms with E-state index in [-0.39, 0.29) is 11.3 Å². The minimum absolute atomic E-state index is 0.0466. The highest BCUT2D eigenvalue weighted by molar-refractivity contribution is 5.94. The molecule has 0 aliphatic carbocycles. The number of nitro groups is 1. The molecule has 0 aliphatic rings. The first-order chi connectivity index (χ1) is 10.1. The second-order valence-corrected chi connectivity index (χ2v) is 4.52. The summed E-state index contributed by atoms with van der Waals surface area (Å²) in [5.74, 6) is -0.507. The Bertz CT molecular complexity index is 845. The number of non-ortho nitro benzene ring substituents is 1. The van der Waals surface area contributed by atoms with Crippen LogP contribution in [0.4, 0.5) is 10.1 Å². The quantitative estimate of drug-likeness (QED) is 0.572. The predicted molar refractivity (Wildman–Crippen MR) is 74.1 cm³/mol. The molecule has 106 valence electrons. The molecule has 0 spiro atoms. The molecule has 0 atom stereocenters. The Hall–Kier alpha value is -2.80. The molecule has 21 heavy (non-hydrogen) atoms. The molecule has 3 aromatic rings. The van der Waals surface area contributed by atoms with Gasteiger partial charge in [-0.3, -0.25) is 15.2 Å². The SMILES string of the molecule is O=[N+]([O-])c1ccc2[nH]nc(-c3ccc(F)c(CO)c3)c2c1. The predicted octanol–water partition coefficient (Wildman–Crippen LogP) is 2.77. The highest BCUT2D eigenvalue weighted by Crippen LogP contribution is 2.30. The van der Waals surface area contributed by atoms with Crippen LogP contribution in [0.15, 0.2) is 36.4 Å². The zero-order chi connectivity index (χ0) is 15.0. The van der Waals surface area contributed by atoms with Crippen LogP contribution in [0.5, 0.6) is 0 Å². The van der Waals surface area contributed by atoms with Crippen molar-refractivity contribution in [3.63, 3.8) is 0 Å². The summed E-state index contributed by atoms with van der Waals surface area (Å²) >= 11 is 0. The molecule has 1 heterocycles. The van der Waals surface area contributed by atoms with Gasteiger partial charge in [0.2, 0.25) is 0 Å². The molecule has 0 fully saturated rings. The molecule has 0 unspecified atom stereocenters. The third-order valence-electron chi connectivity index (χ3n) is 3.25. The third-order valence-corrected chi connectivity index (χ3v) is 3.25. The molecule has 3 rings (SSSR count). The first kappa shape index (κ1) is 13.2. The molecule has 0 radical (unpaired) electrons. The molecule has 6 nitrogen and oxygen atoms in total. The molecule has 0 bridgehead atoms. The molecule has 0 amide bonds. The zero-order valence-corrected chi connectivity index (χ0v) is 10.7. The van der Waals surface area contributed by atoms with E-state index in [9.17, 15) is 14.5 Å². The second kappa shape index (κ2) is 4.95. The number of aliphatic hydroxyl groups excluding tert-OH is 1. The first-order valence-electron chi connectivity index (χ1n) is 6.12. The van der Waals surface area contributed by atoms with Crippen molar-refractivity contribution in [2.75, 3.05) is 0 Å². The van der Waals surface area contributed by atoms with Gasteiger partial charge in [-0.1, -0.05) is 0 Å². The monoisotopic (exact) mass is 287 g/mol. The molecule has 0 aliphatic heterocycles. The summed E-state index contributed by atoms with van der Waals surface area (Å²) in [6.07, 6.45) is 0. The van der Waals surface area contributed by atoms with Gasteiger partial charge < -0.3 is 5.11 Å². The fourth-order valence-corrected chi connectivity index (χ4v) is 2.18. The normalized spacial score (nSPS) is 11.0. The zero-order valence-electron chi connectivity index (χ0n) is 10.7. The summed E-state index contributed by atoms with van der Waals surface area (Å²) in [5.41, 5.74) is 1.80. The van der Waals surface area contributed by atoms with E-state index in [1.54, 1.807) is 6.07 Å². The van der Waals surface area contributed by atoms with Crippen molar-refractivity contribution < 1.29 is 14.4 Å². The highest BCUT2D eigenvalue weighted by atomic mass is 19.1. The molecule has 2 aromatic carbocycles. The first-order valence-corrected chi connectivity index (χ1v) is 6.12. The molecular weight excluding hydrogens is 277 g/mol. The maximum absolute atomic E-state index is 13.4. The summed E-state index contributed by atoms with van der Waals surface area (Å²) in [6, 6.07) is 8.59. The van der Waals surface area contributed by atoms with Gasteiger partial charge >= 0.3 is 0 Å². The number of nitro benzene ring substituents is 1. The lowest BCUT2D eigenvalue weighted by Gasteiger charge is -2.03. The Labute approximate surface area is 118 Å². The van der Waals surface area contributed by atoms with Gasteiger partial charge in [0.1, 0.15) is 11.5 Å². The second-order valence-electron chi connectivity index (χ2n) is 4.52. The van der Waals surface area contributed by atoms with Crippen LogP contribution in [0.2, 0.25) is 0 Å². The van der Waals surface area contributed by atoms with E-state index < -0.39 is 17.3 Å². The number of nitrogens with one attached hydrogen (secondary N) is 1. The minimum Gasteiger partial charge on any atom is -0.392 e. The lowest BCUT2D eigenvalue weighted by Crippen LogP contribution is -1.91. The number of hydrogen-bond acceptors (Lipinski definition) is 4. The molecule has 0 saturated carbocycles. The van der Waals surface area contributed by atoms with E-state index in [1.807, 2.05) is 0 Å². The van der Waals surface area contributed by atoms with Crippen LogP contribution in [0, 0.1) is 15.9 Å². The fraction of sp³-hybridized carbons (Fsp3) is 0.0714. The molecule has 1 aromatic heterocycles. The van der Waals surface area contributed by atoms with Crippen LogP contribution in [0.1, 0.15) is 5.56 Å². The van der Waals surface area contributed by atoms with Crippen molar-refractivity contribution >= 4 is 16.6 Å². The van der Waals surface area contributed by atoms with Crippen molar-refractivity contribution in [2.24, 2.45) is 0 Å². The van der Waals surface area contributed by atoms with E-state index in [1.165, 1.54) is 30.3 Å². The summed E-state index contributed by atoms with van der Waals surface area (Å²) < 4.78 is 13.4. The van der Waals surface area contributed by atoms with Gasteiger partial charge in [-0.05, 0) is 24.3 Å². The van der Waals surface area contributed by atoms with Crippen molar-refractivity contribution in [3.8, 4) is 11.3 Å². The number of aromatic nitrogens is 2. The van der Waals surface area contributed by atoms with E-state index in [0.717, 1.165) is 0 Å². The Kier molecular flexibility index (Phi) is 3.11. The number of hydrogen-bond donors (Lipinski definition) is 2. The summed E-state index contributed by atoms with van der Waals surface area (Å²) in [6.45, 7) is -0.428. The fourth-order valence-electron chi connectivity index (χ4n) is 2.18. The molecule has 0 saturated heterocycles. The number of aliphatic hydroxyl groups is 1. The molecule has 7 heteroatoms. The largest absolute Gasteiger partial charge is 0.392 e. The van der Waals surface area contributed by atoms with Gasteiger partial charge in [-0.25, -0.2) is 4.39 Å². The van der Waals surface area contributed by atoms with E-state index >= 15 is 0 Å². The van der Waals surface area contributed by atoms with E-state index in [4.69, 9.17) is 5.11 Å². The maximum atomic E-state index is 13.4. The number of halogens is 1. The number of fused-ring (bicyclic) bond motifs is 1. The Balaban J connectivity index is 2.20. The molecular formula is C14H10FN3O3. The minimum atomic E-state index is -0.507. The lowest BCUT2D eigenvalue weighted by molar-refractivity contribution is -0.384. The van der Waals surface area contributed by atoms with Gasteiger partial charge in [0.05, 0.1) is 17.0 Å². The Morgan fingerprint density at radius 3 is 2.81 bits per heavy atom. The number of nitrogens with zero attached hydrogens (tertiary/aromatic N) is 2. The average Bonchev–Trinajstić information content (AvgIpc) is 2.90. The summed E-state index contributed by atoms with van der Waals surface area (Å²) in [4.78, 5) is 10.4. The average molecular weight is 287 g/mol. The van der Waals surface area contributed by atoms with Crippen molar-refractivity contribution in [1.82, 2.24) is 10.2 Å². The molecule has 2 N–H and O–H groups in total. The third kappa shape index (κ3) is 2.23. The van der Waals surface area contributed by atoms with Gasteiger partial charge in [0, 0.05) is 28.6 Å². The van der Waals surface area contributed by atoms with Gasteiger partial charge in [0.25, 0.3) is 5.69 Å². The van der Waals surface area contributed by atoms with Crippen LogP contribution < -0.4 is 0 Å². The number of aromatic amines is 1. The maximum Gasteiger partial charge on any atom is 0.270 e. The summed E-state index contributed by atoms with van der Waals surface area (Å²) in [5, 5.41) is 27.4. The van der Waals surface area contributed by atoms with E-state index in [0.29, 0.717) is 22.2 Å². The van der Waals surface area contributed by atoms with Crippen LogP contribution in [-0.4, -0.2) is 20.2 Å². The van der Waals surface area contributed by atoms with Crippen molar-refractivity contribution in [2.45, 2.75) is 6.61 Å². The highest BCUT2D eigenvalue weighted by Gasteiger charge is 2.14. The summed E-state index contributed by atoms with van der Waals surface area (Å²) in [7, 11) is 0. The van der Waals surface area contributed by atoms with Gasteiger partial charge in [-0.2, -0.15) is 5.10 Å². The number of benzene rings is 2. The smallest absolute Gasteiger partial charge is 0.270 e. The van der Waals surface area contributed by atoms with Gasteiger partial charge in [0.15, 0.2) is 0 Å². The number of rotatable bonds is 3. The Morgan fingerprint density at radius 1 is 1.29 bits per heavy atom. The van der Waals surface area contributed by atoms with Crippen LogP contribution >= 0.6 is 0 Å². The van der Waals surface area contributed by atoms with Gasteiger partial charge in [-0.15, -0.1) is 0 Å². The van der Waals surface area contributed by atoms with Crippen LogP contribution in [0.25, 0.3) is 22.2 Å². The lowest BCUT2D eigenvalue weighted by atomic mass is 10.0. The number of H-pyrrole nitrogens is 1. The standard InChI is InChI=1S/C14H10FN3O3/c15-12-3-1-8(5-9(12)7-19)14-11-6-10(18(20)21)2-4-13(11)16-17-14/h1-6,19H,7H2,(H,16,17). The Morgan fingerprint density at radius 2 is 2.10 bits per heavy atom. The topological polar surface area (TPSA) is 92.0 Å². The van der Waals surface area contributed by atoms with E-state index in [2.05, 4.69) is 10.2 Å². The van der Waals surface area contributed by atoms with Crippen molar-refractivity contribution in [1.29, 1.82) is 0 Å². The van der Waals surface area contributed by atoms with Crippen molar-refractivity contribution in [3.05, 3.63) is 57.9 Å².